The van der Waals surface area contributed by atoms with Crippen molar-refractivity contribution in [3.8, 4) is 5.75 Å². The number of aryl methyl sites for hydroxylation is 1. The molecule has 1 aromatic carbocycles. The molecule has 0 heterocycles. The highest BCUT2D eigenvalue weighted by atomic mass is 16.3. The van der Waals surface area contributed by atoms with Crippen LogP contribution in [0.25, 0.3) is 0 Å². The number of phenolic OH excluding ortho intramolecular Hbond substituents is 1. The van der Waals surface area contributed by atoms with Gasteiger partial charge in [0.05, 0.1) is 0 Å². The first kappa shape index (κ1) is 39.0. The molecule has 0 radical (unpaired) electrons. The van der Waals surface area contributed by atoms with E-state index in [2.05, 4.69) is 13.0 Å². The van der Waals surface area contributed by atoms with Gasteiger partial charge in [-0.25, -0.2) is 0 Å². The lowest BCUT2D eigenvalue weighted by Gasteiger charge is -2.05. The fraction of sp³-hybridized carbons (Fsp3) is 0.854. The molecule has 1 nitrogen and oxygen atoms in total. The Hall–Kier alpha value is -0.980. The predicted molar refractivity (Wildman–Crippen MR) is 190 cm³/mol. The maximum absolute atomic E-state index is 9.53. The summed E-state index contributed by atoms with van der Waals surface area (Å²) in [6.45, 7) is 2.31. The quantitative estimate of drug-likeness (QED) is 0.0799. The Morgan fingerprint density at radius 3 is 0.881 bits per heavy atom. The summed E-state index contributed by atoms with van der Waals surface area (Å²) in [5.74, 6) is 0.401. The molecule has 0 atom stereocenters. The van der Waals surface area contributed by atoms with Crippen molar-refractivity contribution >= 4 is 0 Å². The van der Waals surface area contributed by atoms with Crippen LogP contribution in [0.1, 0.15) is 224 Å². The van der Waals surface area contributed by atoms with Crippen LogP contribution in [0.4, 0.5) is 0 Å². The Morgan fingerprint density at radius 1 is 0.357 bits per heavy atom. The maximum Gasteiger partial charge on any atom is 0.115 e. The third-order valence-electron chi connectivity index (χ3n) is 9.48. The molecule has 0 unspecified atom stereocenters. The van der Waals surface area contributed by atoms with E-state index in [9.17, 15) is 5.11 Å². The smallest absolute Gasteiger partial charge is 0.115 e. The zero-order valence-corrected chi connectivity index (χ0v) is 28.8. The van der Waals surface area contributed by atoms with Gasteiger partial charge in [0.15, 0.2) is 0 Å². The molecule has 1 N–H and O–H groups in total. The van der Waals surface area contributed by atoms with Gasteiger partial charge in [0.25, 0.3) is 0 Å². The normalized spacial score (nSPS) is 11.5. The summed E-state index contributed by atoms with van der Waals surface area (Å²) >= 11 is 0. The van der Waals surface area contributed by atoms with Gasteiger partial charge in [-0.05, 0) is 30.5 Å². The number of phenols is 1. The average Bonchev–Trinajstić information content (AvgIpc) is 2.99. The molecule has 1 aromatic rings. The first-order valence-corrected chi connectivity index (χ1v) is 19.6. The van der Waals surface area contributed by atoms with Gasteiger partial charge in [-0.15, -0.1) is 0 Å². The highest BCUT2D eigenvalue weighted by Gasteiger charge is 1.98. The molecule has 1 rings (SSSR count). The summed E-state index contributed by atoms with van der Waals surface area (Å²) < 4.78 is 0. The van der Waals surface area contributed by atoms with Crippen LogP contribution in [-0.2, 0) is 6.42 Å². The first-order valence-electron chi connectivity index (χ1n) is 19.6. The van der Waals surface area contributed by atoms with E-state index in [-0.39, 0.29) is 0 Å². The van der Waals surface area contributed by atoms with Crippen molar-refractivity contribution in [1.82, 2.24) is 0 Å². The predicted octanol–water partition coefficient (Wildman–Crippen LogP) is 14.8. The van der Waals surface area contributed by atoms with Gasteiger partial charge in [-0.3, -0.25) is 0 Å². The van der Waals surface area contributed by atoms with E-state index in [0.29, 0.717) is 5.75 Å². The highest BCUT2D eigenvalue weighted by Crippen LogP contribution is 2.18. The van der Waals surface area contributed by atoms with E-state index in [1.54, 1.807) is 6.07 Å². The van der Waals surface area contributed by atoms with E-state index in [1.165, 1.54) is 217 Å². The van der Waals surface area contributed by atoms with Crippen molar-refractivity contribution in [2.75, 3.05) is 0 Å². The van der Waals surface area contributed by atoms with Crippen molar-refractivity contribution < 1.29 is 5.11 Å². The second-order valence-corrected chi connectivity index (χ2v) is 13.7. The van der Waals surface area contributed by atoms with E-state index in [0.717, 1.165) is 6.42 Å². The van der Waals surface area contributed by atoms with Gasteiger partial charge >= 0.3 is 0 Å². The minimum Gasteiger partial charge on any atom is -0.508 e. The molecular weight excluding hydrogens is 508 g/mol. The lowest BCUT2D eigenvalue weighted by molar-refractivity contribution is 0.474. The molecular formula is C41H76O. The number of hydrogen-bond donors (Lipinski definition) is 1. The molecule has 1 heteroatoms. The van der Waals surface area contributed by atoms with Crippen molar-refractivity contribution in [1.29, 1.82) is 0 Å². The van der Waals surface area contributed by atoms with E-state index >= 15 is 0 Å². The molecule has 0 aliphatic rings. The van der Waals surface area contributed by atoms with E-state index in [1.807, 2.05) is 12.1 Å². The fourth-order valence-electron chi connectivity index (χ4n) is 6.59. The third-order valence-corrected chi connectivity index (χ3v) is 9.48. The SMILES string of the molecule is CCCCCCCCCCCCCCCCCCCCCCCCCCCCCCCCCCCc1cccc(O)c1. The summed E-state index contributed by atoms with van der Waals surface area (Å²) in [6.07, 6.45) is 49.1. The van der Waals surface area contributed by atoms with Crippen LogP contribution in [-0.4, -0.2) is 5.11 Å². The molecule has 0 aromatic heterocycles. The summed E-state index contributed by atoms with van der Waals surface area (Å²) in [5, 5.41) is 9.53. The molecule has 0 saturated heterocycles. The second-order valence-electron chi connectivity index (χ2n) is 13.7. The monoisotopic (exact) mass is 585 g/mol. The largest absolute Gasteiger partial charge is 0.508 e. The highest BCUT2D eigenvalue weighted by molar-refractivity contribution is 5.27. The van der Waals surface area contributed by atoms with Gasteiger partial charge < -0.3 is 5.11 Å². The maximum atomic E-state index is 9.53. The Balaban J connectivity index is 1.63. The number of hydrogen-bond acceptors (Lipinski definition) is 1. The molecule has 0 saturated carbocycles. The van der Waals surface area contributed by atoms with E-state index in [4.69, 9.17) is 0 Å². The van der Waals surface area contributed by atoms with Crippen LogP contribution in [0.2, 0.25) is 0 Å². The van der Waals surface area contributed by atoms with Gasteiger partial charge in [-0.1, -0.05) is 225 Å². The Morgan fingerprint density at radius 2 is 0.619 bits per heavy atom. The molecule has 42 heavy (non-hydrogen) atoms. The second kappa shape index (κ2) is 32.9. The van der Waals surface area contributed by atoms with Gasteiger partial charge in [0, 0.05) is 0 Å². The lowest BCUT2D eigenvalue weighted by atomic mass is 10.0. The molecule has 0 fully saturated rings. The molecule has 0 spiro atoms. The van der Waals surface area contributed by atoms with Crippen LogP contribution < -0.4 is 0 Å². The average molecular weight is 585 g/mol. The van der Waals surface area contributed by atoms with Crippen molar-refractivity contribution in [3.05, 3.63) is 29.8 Å². The minimum absolute atomic E-state index is 0.401. The van der Waals surface area contributed by atoms with Gasteiger partial charge in [0.2, 0.25) is 0 Å². The number of benzene rings is 1. The molecule has 246 valence electrons. The zero-order valence-electron chi connectivity index (χ0n) is 28.8. The van der Waals surface area contributed by atoms with Crippen LogP contribution in [0.5, 0.6) is 5.75 Å². The Kier molecular flexibility index (Phi) is 30.6. The molecule has 0 aliphatic carbocycles. The zero-order chi connectivity index (χ0) is 30.0. The van der Waals surface area contributed by atoms with Crippen LogP contribution in [0.15, 0.2) is 24.3 Å². The Bertz CT molecular complexity index is 637. The standard InChI is InChI=1S/C41H76O/c1-2-3-4-5-6-7-8-9-10-11-12-13-14-15-16-17-18-19-20-21-22-23-24-25-26-27-28-29-30-31-32-33-34-36-40-37-35-38-41(42)39-40/h35,37-39,42H,2-34,36H2,1H3. The van der Waals surface area contributed by atoms with Crippen LogP contribution in [0.3, 0.4) is 0 Å². The van der Waals surface area contributed by atoms with Crippen LogP contribution >= 0.6 is 0 Å². The van der Waals surface area contributed by atoms with Crippen LogP contribution in [0, 0.1) is 0 Å². The Labute approximate surface area is 265 Å². The summed E-state index contributed by atoms with van der Waals surface area (Å²) in [5.41, 5.74) is 1.27. The van der Waals surface area contributed by atoms with Crippen molar-refractivity contribution in [2.24, 2.45) is 0 Å². The summed E-state index contributed by atoms with van der Waals surface area (Å²) in [7, 11) is 0. The number of rotatable bonds is 34. The minimum atomic E-state index is 0.401. The van der Waals surface area contributed by atoms with E-state index < -0.39 is 0 Å². The van der Waals surface area contributed by atoms with Crippen molar-refractivity contribution in [3.63, 3.8) is 0 Å². The van der Waals surface area contributed by atoms with Gasteiger partial charge in [0.1, 0.15) is 5.75 Å². The first-order chi connectivity index (χ1) is 20.8. The topological polar surface area (TPSA) is 20.2 Å². The fourth-order valence-corrected chi connectivity index (χ4v) is 6.59. The summed E-state index contributed by atoms with van der Waals surface area (Å²) in [4.78, 5) is 0. The molecule has 0 amide bonds. The number of unbranched alkanes of at least 4 members (excludes halogenated alkanes) is 32. The number of aromatic hydroxyl groups is 1. The molecule has 0 aliphatic heterocycles. The summed E-state index contributed by atoms with van der Waals surface area (Å²) in [6, 6.07) is 7.74. The molecule has 0 bridgehead atoms. The van der Waals surface area contributed by atoms with Gasteiger partial charge in [-0.2, -0.15) is 0 Å². The third kappa shape index (κ3) is 29.1. The lowest BCUT2D eigenvalue weighted by Crippen LogP contribution is -1.86. The van der Waals surface area contributed by atoms with Crippen molar-refractivity contribution in [2.45, 2.75) is 225 Å².